The van der Waals surface area contributed by atoms with E-state index in [2.05, 4.69) is 16.0 Å². The number of hydrogen-bond acceptors (Lipinski definition) is 4. The van der Waals surface area contributed by atoms with Crippen LogP contribution in [0.3, 0.4) is 0 Å². The minimum Gasteiger partial charge on any atom is -0.333 e. The largest absolute Gasteiger partial charge is 0.333 e. The molecule has 0 aromatic rings. The van der Waals surface area contributed by atoms with Crippen molar-refractivity contribution in [3.8, 4) is 0 Å². The quantitative estimate of drug-likeness (QED) is 0.701. The Labute approximate surface area is 121 Å². The van der Waals surface area contributed by atoms with Crippen LogP contribution in [0.4, 0.5) is 4.79 Å². The van der Waals surface area contributed by atoms with Crippen molar-refractivity contribution in [2.45, 2.75) is 38.8 Å². The Balaban J connectivity index is 0.00000324. The number of carbonyl (C=O) groups excluding carboxylic acids is 2. The van der Waals surface area contributed by atoms with Gasteiger partial charge in [0, 0.05) is 18.1 Å². The molecule has 1 aliphatic heterocycles. The van der Waals surface area contributed by atoms with Crippen molar-refractivity contribution in [1.82, 2.24) is 20.9 Å². The Bertz CT molecular complexity index is 311. The molecule has 1 atom stereocenters. The molecule has 0 spiro atoms. The molecule has 3 amide bonds. The number of amides is 3. The molecular weight excluding hydrogens is 268 g/mol. The highest BCUT2D eigenvalue weighted by atomic mass is 35.5. The van der Waals surface area contributed by atoms with E-state index in [0.717, 1.165) is 19.5 Å². The van der Waals surface area contributed by atoms with E-state index in [9.17, 15) is 9.59 Å². The zero-order valence-electron chi connectivity index (χ0n) is 12.1. The van der Waals surface area contributed by atoms with E-state index in [1.807, 2.05) is 32.7 Å². The summed E-state index contributed by atoms with van der Waals surface area (Å²) in [6.07, 6.45) is 1.04. The smallest absolute Gasteiger partial charge is 0.321 e. The summed E-state index contributed by atoms with van der Waals surface area (Å²) in [6.45, 7) is 7.73. The van der Waals surface area contributed by atoms with Crippen molar-refractivity contribution >= 4 is 24.3 Å². The molecule has 112 valence electrons. The number of likely N-dealkylation sites (N-methyl/N-ethyl adjacent to an activating group) is 1. The van der Waals surface area contributed by atoms with Crippen LogP contribution >= 0.6 is 12.4 Å². The van der Waals surface area contributed by atoms with Crippen molar-refractivity contribution in [2.75, 3.05) is 26.7 Å². The van der Waals surface area contributed by atoms with Gasteiger partial charge in [0.15, 0.2) is 0 Å². The first-order valence-corrected chi connectivity index (χ1v) is 6.31. The molecule has 7 heteroatoms. The van der Waals surface area contributed by atoms with Crippen LogP contribution in [0.1, 0.15) is 27.2 Å². The molecule has 0 aromatic carbocycles. The Hall–Kier alpha value is -0.850. The number of urea groups is 1. The van der Waals surface area contributed by atoms with E-state index in [1.165, 1.54) is 0 Å². The maximum absolute atomic E-state index is 11.7. The predicted molar refractivity (Wildman–Crippen MR) is 77.6 cm³/mol. The molecule has 0 aliphatic carbocycles. The van der Waals surface area contributed by atoms with Gasteiger partial charge in [-0.1, -0.05) is 0 Å². The van der Waals surface area contributed by atoms with E-state index < -0.39 is 6.03 Å². The van der Waals surface area contributed by atoms with E-state index in [1.54, 1.807) is 0 Å². The van der Waals surface area contributed by atoms with Crippen LogP contribution in [0, 0.1) is 0 Å². The lowest BCUT2D eigenvalue weighted by Crippen LogP contribution is -2.51. The van der Waals surface area contributed by atoms with Crippen molar-refractivity contribution in [1.29, 1.82) is 0 Å². The molecule has 1 unspecified atom stereocenters. The van der Waals surface area contributed by atoms with Gasteiger partial charge in [-0.15, -0.1) is 12.4 Å². The maximum Gasteiger partial charge on any atom is 0.321 e. The summed E-state index contributed by atoms with van der Waals surface area (Å²) < 4.78 is 0. The van der Waals surface area contributed by atoms with Crippen LogP contribution in [0.25, 0.3) is 0 Å². The topological polar surface area (TPSA) is 73.5 Å². The number of rotatable bonds is 3. The molecule has 1 saturated heterocycles. The first-order valence-electron chi connectivity index (χ1n) is 6.31. The molecular formula is C12H25ClN4O2. The molecule has 0 aromatic heterocycles. The molecule has 1 aliphatic rings. The minimum absolute atomic E-state index is 0. The zero-order chi connectivity index (χ0) is 13.8. The van der Waals surface area contributed by atoms with Gasteiger partial charge in [-0.2, -0.15) is 0 Å². The standard InChI is InChI=1S/C12H24N4O2.ClH/c1-12(2,3)15-11(18)14-10(17)8-16(4)9-5-6-13-7-9;/h9,13H,5-8H2,1-4H3,(H2,14,15,17,18);1H. The monoisotopic (exact) mass is 292 g/mol. The molecule has 3 N–H and O–H groups in total. The number of carbonyl (C=O) groups is 2. The molecule has 1 heterocycles. The number of hydrogen-bond donors (Lipinski definition) is 3. The van der Waals surface area contributed by atoms with Crippen molar-refractivity contribution in [2.24, 2.45) is 0 Å². The summed E-state index contributed by atoms with van der Waals surface area (Å²) in [5.41, 5.74) is -0.342. The number of halogens is 1. The fourth-order valence-electron chi connectivity index (χ4n) is 1.91. The summed E-state index contributed by atoms with van der Waals surface area (Å²) in [7, 11) is 1.90. The van der Waals surface area contributed by atoms with Gasteiger partial charge in [-0.3, -0.25) is 15.0 Å². The summed E-state index contributed by atoms with van der Waals surface area (Å²) >= 11 is 0. The third-order valence-corrected chi connectivity index (χ3v) is 2.79. The van der Waals surface area contributed by atoms with Gasteiger partial charge in [0.2, 0.25) is 5.91 Å². The summed E-state index contributed by atoms with van der Waals surface area (Å²) in [5, 5.41) is 8.28. The summed E-state index contributed by atoms with van der Waals surface area (Å²) in [4.78, 5) is 25.1. The number of imide groups is 1. The van der Waals surface area contributed by atoms with Crippen LogP contribution in [-0.4, -0.2) is 55.1 Å². The molecule has 6 nitrogen and oxygen atoms in total. The van der Waals surface area contributed by atoms with E-state index in [4.69, 9.17) is 0 Å². The molecule has 1 fully saturated rings. The third kappa shape index (κ3) is 7.34. The second kappa shape index (κ2) is 7.67. The van der Waals surface area contributed by atoms with Crippen molar-refractivity contribution in [3.05, 3.63) is 0 Å². The zero-order valence-corrected chi connectivity index (χ0v) is 12.9. The second-order valence-corrected chi connectivity index (χ2v) is 5.81. The van der Waals surface area contributed by atoms with E-state index >= 15 is 0 Å². The highest BCUT2D eigenvalue weighted by molar-refractivity contribution is 5.95. The van der Waals surface area contributed by atoms with Crippen LogP contribution in [-0.2, 0) is 4.79 Å². The van der Waals surface area contributed by atoms with Gasteiger partial charge < -0.3 is 10.6 Å². The first kappa shape index (κ1) is 18.1. The van der Waals surface area contributed by atoms with Crippen molar-refractivity contribution in [3.63, 3.8) is 0 Å². The van der Waals surface area contributed by atoms with Gasteiger partial charge in [-0.05, 0) is 40.8 Å². The minimum atomic E-state index is -0.439. The Morgan fingerprint density at radius 3 is 2.47 bits per heavy atom. The summed E-state index contributed by atoms with van der Waals surface area (Å²) in [6, 6.07) is -0.0631. The molecule has 0 saturated carbocycles. The van der Waals surface area contributed by atoms with Crippen molar-refractivity contribution < 1.29 is 9.59 Å². The van der Waals surface area contributed by atoms with E-state index in [-0.39, 0.29) is 30.4 Å². The Morgan fingerprint density at radius 1 is 1.37 bits per heavy atom. The molecule has 0 bridgehead atoms. The summed E-state index contributed by atoms with van der Waals surface area (Å²) in [5.74, 6) is -0.272. The lowest BCUT2D eigenvalue weighted by Gasteiger charge is -2.24. The predicted octanol–water partition coefficient (Wildman–Crippen LogP) is 0.326. The molecule has 1 rings (SSSR count). The lowest BCUT2D eigenvalue weighted by atomic mass is 10.1. The Kier molecular flexibility index (Phi) is 7.33. The average molecular weight is 293 g/mol. The lowest BCUT2D eigenvalue weighted by molar-refractivity contribution is -0.121. The van der Waals surface area contributed by atoms with Gasteiger partial charge >= 0.3 is 6.03 Å². The highest BCUT2D eigenvalue weighted by Gasteiger charge is 2.22. The van der Waals surface area contributed by atoms with Crippen LogP contribution < -0.4 is 16.0 Å². The van der Waals surface area contributed by atoms with E-state index in [0.29, 0.717) is 6.04 Å². The fraction of sp³-hybridized carbons (Fsp3) is 0.833. The first-order chi connectivity index (χ1) is 8.28. The fourth-order valence-corrected chi connectivity index (χ4v) is 1.91. The van der Waals surface area contributed by atoms with Gasteiger partial charge in [0.1, 0.15) is 0 Å². The number of nitrogens with one attached hydrogen (secondary N) is 3. The van der Waals surface area contributed by atoms with Crippen LogP contribution in [0.2, 0.25) is 0 Å². The SMILES string of the molecule is CN(CC(=O)NC(=O)NC(C)(C)C)C1CCNC1.Cl. The normalized spacial score (nSPS) is 18.9. The van der Waals surface area contributed by atoms with Gasteiger partial charge in [0.25, 0.3) is 0 Å². The highest BCUT2D eigenvalue weighted by Crippen LogP contribution is 2.05. The van der Waals surface area contributed by atoms with Gasteiger partial charge in [0.05, 0.1) is 6.54 Å². The molecule has 0 radical (unpaired) electrons. The molecule has 19 heavy (non-hydrogen) atoms. The Morgan fingerprint density at radius 2 is 2.00 bits per heavy atom. The average Bonchev–Trinajstić information content (AvgIpc) is 2.65. The van der Waals surface area contributed by atoms with Crippen LogP contribution in [0.15, 0.2) is 0 Å². The maximum atomic E-state index is 11.7. The second-order valence-electron chi connectivity index (χ2n) is 5.81. The number of nitrogens with zero attached hydrogens (tertiary/aromatic N) is 1. The van der Waals surface area contributed by atoms with Gasteiger partial charge in [-0.25, -0.2) is 4.79 Å². The third-order valence-electron chi connectivity index (χ3n) is 2.79. The van der Waals surface area contributed by atoms with Crippen LogP contribution in [0.5, 0.6) is 0 Å².